The van der Waals surface area contributed by atoms with Crippen LogP contribution < -0.4 is 5.32 Å². The number of carbonyl (C=O) groups is 1. The number of rotatable bonds is 4. The van der Waals surface area contributed by atoms with Crippen LogP contribution in [-0.4, -0.2) is 19.6 Å². The van der Waals surface area contributed by atoms with Crippen molar-refractivity contribution in [1.82, 2.24) is 0 Å². The van der Waals surface area contributed by atoms with Crippen LogP contribution in [0.15, 0.2) is 18.2 Å². The SMILES string of the molecule is COC(=O)c1cc(F)ccc1NCC1CCCC1. The first-order valence-electron chi connectivity index (χ1n) is 6.32. The van der Waals surface area contributed by atoms with E-state index in [-0.39, 0.29) is 5.56 Å². The van der Waals surface area contributed by atoms with E-state index in [1.807, 2.05) is 0 Å². The molecule has 4 heteroatoms. The number of hydrogen-bond acceptors (Lipinski definition) is 3. The monoisotopic (exact) mass is 251 g/mol. The number of ether oxygens (including phenoxy) is 1. The first kappa shape index (κ1) is 12.9. The summed E-state index contributed by atoms with van der Waals surface area (Å²) in [6.07, 6.45) is 5.00. The molecule has 2 rings (SSSR count). The molecule has 1 saturated carbocycles. The summed E-state index contributed by atoms with van der Waals surface area (Å²) >= 11 is 0. The van der Waals surface area contributed by atoms with E-state index in [4.69, 9.17) is 0 Å². The molecule has 0 unspecified atom stereocenters. The molecule has 3 nitrogen and oxygen atoms in total. The van der Waals surface area contributed by atoms with Crippen LogP contribution in [0.5, 0.6) is 0 Å². The van der Waals surface area contributed by atoms with Gasteiger partial charge < -0.3 is 10.1 Å². The van der Waals surface area contributed by atoms with Gasteiger partial charge >= 0.3 is 5.97 Å². The largest absolute Gasteiger partial charge is 0.465 e. The number of methoxy groups -OCH3 is 1. The summed E-state index contributed by atoms with van der Waals surface area (Å²) in [6.45, 7) is 0.829. The fourth-order valence-electron chi connectivity index (χ4n) is 2.42. The molecule has 1 fully saturated rings. The summed E-state index contributed by atoms with van der Waals surface area (Å²) in [6, 6.07) is 4.16. The molecule has 18 heavy (non-hydrogen) atoms. The molecule has 1 aliphatic carbocycles. The van der Waals surface area contributed by atoms with Crippen molar-refractivity contribution in [3.05, 3.63) is 29.6 Å². The zero-order valence-corrected chi connectivity index (χ0v) is 10.5. The van der Waals surface area contributed by atoms with Gasteiger partial charge in [0.1, 0.15) is 5.82 Å². The maximum atomic E-state index is 13.1. The standard InChI is InChI=1S/C14H18FNO2/c1-18-14(17)12-8-11(15)6-7-13(12)16-9-10-4-2-3-5-10/h6-8,10,16H,2-5,9H2,1H3. The van der Waals surface area contributed by atoms with Crippen molar-refractivity contribution in [2.45, 2.75) is 25.7 Å². The maximum Gasteiger partial charge on any atom is 0.340 e. The Bertz CT molecular complexity index is 428. The summed E-state index contributed by atoms with van der Waals surface area (Å²) in [5.74, 6) is -0.286. The van der Waals surface area contributed by atoms with E-state index in [0.717, 1.165) is 6.54 Å². The first-order valence-corrected chi connectivity index (χ1v) is 6.32. The zero-order chi connectivity index (χ0) is 13.0. The molecule has 0 heterocycles. The lowest BCUT2D eigenvalue weighted by atomic mass is 10.1. The highest BCUT2D eigenvalue weighted by Gasteiger charge is 2.17. The van der Waals surface area contributed by atoms with Gasteiger partial charge in [0.2, 0.25) is 0 Å². The molecule has 0 bridgehead atoms. The Balaban J connectivity index is 2.08. The van der Waals surface area contributed by atoms with Crippen LogP contribution in [0.25, 0.3) is 0 Å². The summed E-state index contributed by atoms with van der Waals surface area (Å²) < 4.78 is 17.8. The average Bonchev–Trinajstić information content (AvgIpc) is 2.89. The maximum absolute atomic E-state index is 13.1. The molecule has 0 atom stereocenters. The van der Waals surface area contributed by atoms with Gasteiger partial charge in [-0.3, -0.25) is 0 Å². The number of hydrogen-bond donors (Lipinski definition) is 1. The smallest absolute Gasteiger partial charge is 0.340 e. The highest BCUT2D eigenvalue weighted by atomic mass is 19.1. The minimum absolute atomic E-state index is 0.260. The Hall–Kier alpha value is -1.58. The molecule has 98 valence electrons. The van der Waals surface area contributed by atoms with Gasteiger partial charge in [-0.1, -0.05) is 12.8 Å². The van der Waals surface area contributed by atoms with Crippen molar-refractivity contribution >= 4 is 11.7 Å². The van der Waals surface area contributed by atoms with Crippen LogP contribution >= 0.6 is 0 Å². The molecule has 0 aromatic heterocycles. The predicted octanol–water partition coefficient (Wildman–Crippen LogP) is 3.21. The highest BCUT2D eigenvalue weighted by molar-refractivity contribution is 5.95. The van der Waals surface area contributed by atoms with E-state index in [2.05, 4.69) is 10.1 Å². The van der Waals surface area contributed by atoms with Crippen molar-refractivity contribution < 1.29 is 13.9 Å². The second kappa shape index (κ2) is 5.85. The molecule has 1 aliphatic rings. The number of anilines is 1. The van der Waals surface area contributed by atoms with Gasteiger partial charge in [-0.2, -0.15) is 0 Å². The average molecular weight is 251 g/mol. The molecule has 0 aliphatic heterocycles. The quantitative estimate of drug-likeness (QED) is 0.835. The second-order valence-corrected chi connectivity index (χ2v) is 4.71. The molecule has 0 radical (unpaired) electrons. The molecule has 1 aromatic rings. The van der Waals surface area contributed by atoms with E-state index in [1.165, 1.54) is 44.9 Å². The molecular weight excluding hydrogens is 233 g/mol. The van der Waals surface area contributed by atoms with Crippen LogP contribution in [0, 0.1) is 11.7 Å². The third-order valence-electron chi connectivity index (χ3n) is 3.44. The summed E-state index contributed by atoms with van der Waals surface area (Å²) in [7, 11) is 1.30. The van der Waals surface area contributed by atoms with Gasteiger partial charge in [0.05, 0.1) is 12.7 Å². The number of esters is 1. The summed E-state index contributed by atoms with van der Waals surface area (Å²) in [4.78, 5) is 11.6. The molecule has 1 aromatic carbocycles. The van der Waals surface area contributed by atoms with Crippen molar-refractivity contribution in [1.29, 1.82) is 0 Å². The Labute approximate surface area is 106 Å². The second-order valence-electron chi connectivity index (χ2n) is 4.71. The topological polar surface area (TPSA) is 38.3 Å². The van der Waals surface area contributed by atoms with Crippen LogP contribution in [0.3, 0.4) is 0 Å². The lowest BCUT2D eigenvalue weighted by molar-refractivity contribution is 0.0601. The van der Waals surface area contributed by atoms with Gasteiger partial charge in [0, 0.05) is 12.2 Å². The van der Waals surface area contributed by atoms with Gasteiger partial charge in [0.25, 0.3) is 0 Å². The van der Waals surface area contributed by atoms with E-state index in [1.54, 1.807) is 6.07 Å². The Morgan fingerprint density at radius 1 is 1.44 bits per heavy atom. The van der Waals surface area contributed by atoms with E-state index in [9.17, 15) is 9.18 Å². The molecule has 1 N–H and O–H groups in total. The number of halogens is 1. The van der Waals surface area contributed by atoms with Crippen molar-refractivity contribution in [3.8, 4) is 0 Å². The first-order chi connectivity index (χ1) is 8.70. The fourth-order valence-corrected chi connectivity index (χ4v) is 2.42. The summed E-state index contributed by atoms with van der Waals surface area (Å²) in [5.41, 5.74) is 0.908. The highest BCUT2D eigenvalue weighted by Crippen LogP contribution is 2.26. The van der Waals surface area contributed by atoms with E-state index >= 15 is 0 Å². The van der Waals surface area contributed by atoms with Gasteiger partial charge in [-0.05, 0) is 37.0 Å². The lowest BCUT2D eigenvalue weighted by Crippen LogP contribution is -2.14. The number of nitrogens with one attached hydrogen (secondary N) is 1. The minimum Gasteiger partial charge on any atom is -0.465 e. The Morgan fingerprint density at radius 2 is 2.17 bits per heavy atom. The molecule has 0 amide bonds. The van der Waals surface area contributed by atoms with E-state index in [0.29, 0.717) is 11.6 Å². The van der Waals surface area contributed by atoms with Crippen LogP contribution in [0.2, 0.25) is 0 Å². The number of benzene rings is 1. The van der Waals surface area contributed by atoms with E-state index < -0.39 is 11.8 Å². The number of carbonyl (C=O) groups excluding carboxylic acids is 1. The van der Waals surface area contributed by atoms with Crippen LogP contribution in [0.1, 0.15) is 36.0 Å². The van der Waals surface area contributed by atoms with Crippen molar-refractivity contribution in [3.63, 3.8) is 0 Å². The normalized spacial score (nSPS) is 15.7. The van der Waals surface area contributed by atoms with Gasteiger partial charge in [0.15, 0.2) is 0 Å². The zero-order valence-electron chi connectivity index (χ0n) is 10.5. The minimum atomic E-state index is -0.511. The van der Waals surface area contributed by atoms with Crippen LogP contribution in [-0.2, 0) is 4.74 Å². The fraction of sp³-hybridized carbons (Fsp3) is 0.500. The lowest BCUT2D eigenvalue weighted by Gasteiger charge is -2.14. The Morgan fingerprint density at radius 3 is 2.83 bits per heavy atom. The Kier molecular flexibility index (Phi) is 4.18. The van der Waals surface area contributed by atoms with Gasteiger partial charge in [-0.25, -0.2) is 9.18 Å². The molecular formula is C14H18FNO2. The third kappa shape index (κ3) is 3.00. The van der Waals surface area contributed by atoms with Crippen molar-refractivity contribution in [2.75, 3.05) is 19.0 Å². The van der Waals surface area contributed by atoms with Gasteiger partial charge in [-0.15, -0.1) is 0 Å². The summed E-state index contributed by atoms with van der Waals surface area (Å²) in [5, 5.41) is 3.23. The molecule has 0 saturated heterocycles. The van der Waals surface area contributed by atoms with Crippen molar-refractivity contribution in [2.24, 2.45) is 5.92 Å². The molecule has 0 spiro atoms. The third-order valence-corrected chi connectivity index (χ3v) is 3.44. The van der Waals surface area contributed by atoms with Crippen LogP contribution in [0.4, 0.5) is 10.1 Å². The predicted molar refractivity (Wildman–Crippen MR) is 68.2 cm³/mol.